The highest BCUT2D eigenvalue weighted by Gasteiger charge is 2.37. The summed E-state index contributed by atoms with van der Waals surface area (Å²) in [6.45, 7) is 0. The van der Waals surface area contributed by atoms with Gasteiger partial charge in [0.2, 0.25) is 0 Å². The molecule has 3 rings (SSSR count). The third-order valence-corrected chi connectivity index (χ3v) is 9.31. The molecule has 2 aromatic rings. The summed E-state index contributed by atoms with van der Waals surface area (Å²) in [6, 6.07) is 9.73. The average Bonchev–Trinajstić information content (AvgIpc) is 2.93. The second-order valence-corrected chi connectivity index (χ2v) is 9.90. The van der Waals surface area contributed by atoms with Crippen LogP contribution < -0.4 is 5.19 Å². The molecular formula is C14H18FN3Si. The molecule has 0 unspecified atom stereocenters. The van der Waals surface area contributed by atoms with Crippen LogP contribution in [0.5, 0.6) is 0 Å². The lowest BCUT2D eigenvalue weighted by Crippen LogP contribution is -2.53. The van der Waals surface area contributed by atoms with E-state index in [9.17, 15) is 4.39 Å². The van der Waals surface area contributed by atoms with Gasteiger partial charge in [-0.2, -0.15) is 5.10 Å². The first kappa shape index (κ1) is 12.5. The van der Waals surface area contributed by atoms with E-state index >= 15 is 0 Å². The van der Waals surface area contributed by atoms with Gasteiger partial charge in [0.15, 0.2) is 0 Å². The van der Waals surface area contributed by atoms with Crippen LogP contribution in [0.25, 0.3) is 0 Å². The van der Waals surface area contributed by atoms with E-state index < -0.39 is 8.07 Å². The van der Waals surface area contributed by atoms with Crippen LogP contribution in [0.1, 0.15) is 19.3 Å². The van der Waals surface area contributed by atoms with Gasteiger partial charge in [0.1, 0.15) is 26.5 Å². The quantitative estimate of drug-likeness (QED) is 0.806. The van der Waals surface area contributed by atoms with E-state index in [0.29, 0.717) is 0 Å². The minimum atomic E-state index is -1.59. The zero-order valence-electron chi connectivity index (χ0n) is 10.9. The molecule has 1 saturated heterocycles. The first-order valence-electron chi connectivity index (χ1n) is 6.87. The summed E-state index contributed by atoms with van der Waals surface area (Å²) in [7, 11) is -1.59. The molecule has 2 heterocycles. The molecule has 0 spiro atoms. The van der Waals surface area contributed by atoms with Crippen LogP contribution >= 0.6 is 0 Å². The van der Waals surface area contributed by atoms with E-state index in [-0.39, 0.29) is 5.82 Å². The van der Waals surface area contributed by atoms with E-state index in [1.165, 1.54) is 36.5 Å². The molecule has 100 valence electrons. The maximum Gasteiger partial charge on any atom is 0.137 e. The zero-order chi connectivity index (χ0) is 13.1. The van der Waals surface area contributed by atoms with Gasteiger partial charge in [0.05, 0.1) is 0 Å². The molecule has 0 atom stereocenters. The van der Waals surface area contributed by atoms with E-state index in [1.54, 1.807) is 24.8 Å². The average molecular weight is 275 g/mol. The van der Waals surface area contributed by atoms with Gasteiger partial charge < -0.3 is 0 Å². The molecule has 0 aliphatic carbocycles. The Bertz CT molecular complexity index is 518. The van der Waals surface area contributed by atoms with Crippen LogP contribution in [-0.2, 0) is 6.17 Å². The Morgan fingerprint density at radius 3 is 2.47 bits per heavy atom. The van der Waals surface area contributed by atoms with Crippen molar-refractivity contribution < 1.29 is 4.39 Å². The minimum Gasteiger partial charge on any atom is -0.256 e. The van der Waals surface area contributed by atoms with Gasteiger partial charge in [-0.15, -0.1) is 0 Å². The lowest BCUT2D eigenvalue weighted by Gasteiger charge is -2.35. The molecule has 1 aliphatic rings. The molecule has 1 aromatic carbocycles. The molecule has 1 aliphatic heterocycles. The van der Waals surface area contributed by atoms with Gasteiger partial charge in [0.25, 0.3) is 0 Å². The second-order valence-electron chi connectivity index (χ2n) is 5.44. The van der Waals surface area contributed by atoms with E-state index in [4.69, 9.17) is 0 Å². The van der Waals surface area contributed by atoms with Gasteiger partial charge in [-0.05, 0) is 12.1 Å². The molecule has 19 heavy (non-hydrogen) atoms. The molecule has 0 saturated carbocycles. The second kappa shape index (κ2) is 5.25. The van der Waals surface area contributed by atoms with Crippen LogP contribution in [-0.4, -0.2) is 22.8 Å². The molecule has 0 radical (unpaired) electrons. The summed E-state index contributed by atoms with van der Waals surface area (Å²) in [4.78, 5) is 4.04. The largest absolute Gasteiger partial charge is 0.256 e. The summed E-state index contributed by atoms with van der Waals surface area (Å²) < 4.78 is 15.1. The number of halogens is 1. The fraction of sp³-hybridized carbons (Fsp3) is 0.429. The number of benzene rings is 1. The molecule has 0 bridgehead atoms. The van der Waals surface area contributed by atoms with Crippen molar-refractivity contribution in [3.8, 4) is 0 Å². The van der Waals surface area contributed by atoms with Gasteiger partial charge in [-0.25, -0.2) is 9.37 Å². The Morgan fingerprint density at radius 2 is 1.84 bits per heavy atom. The van der Waals surface area contributed by atoms with Gasteiger partial charge >= 0.3 is 0 Å². The topological polar surface area (TPSA) is 30.7 Å². The highest BCUT2D eigenvalue weighted by Crippen LogP contribution is 2.29. The molecule has 1 fully saturated rings. The van der Waals surface area contributed by atoms with Gasteiger partial charge in [-0.3, -0.25) is 4.68 Å². The van der Waals surface area contributed by atoms with Crippen LogP contribution in [0.3, 0.4) is 0 Å². The third-order valence-electron chi connectivity index (χ3n) is 4.20. The Balaban J connectivity index is 1.93. The number of aromatic nitrogens is 3. The van der Waals surface area contributed by atoms with Crippen LogP contribution in [0.15, 0.2) is 36.9 Å². The van der Waals surface area contributed by atoms with Crippen molar-refractivity contribution in [3.63, 3.8) is 0 Å². The lowest BCUT2D eigenvalue weighted by molar-refractivity contribution is 0.628. The first-order valence-corrected chi connectivity index (χ1v) is 9.49. The molecule has 0 N–H and O–H groups in total. The zero-order valence-corrected chi connectivity index (χ0v) is 11.9. The van der Waals surface area contributed by atoms with Crippen molar-refractivity contribution in [1.82, 2.24) is 14.8 Å². The molecule has 3 nitrogen and oxygen atoms in total. The van der Waals surface area contributed by atoms with Crippen molar-refractivity contribution in [3.05, 3.63) is 42.7 Å². The minimum absolute atomic E-state index is 0.149. The van der Waals surface area contributed by atoms with Crippen molar-refractivity contribution in [2.24, 2.45) is 0 Å². The molecule has 0 amide bonds. The highest BCUT2D eigenvalue weighted by molar-refractivity contribution is 6.91. The maximum atomic E-state index is 13.1. The SMILES string of the molecule is Fc1ccc([Si]2(Cn3cncn3)CCCCC2)cc1. The Hall–Kier alpha value is -1.49. The molecule has 1 aromatic heterocycles. The van der Waals surface area contributed by atoms with Crippen molar-refractivity contribution in [2.75, 3.05) is 0 Å². The lowest BCUT2D eigenvalue weighted by atomic mass is 10.3. The Morgan fingerprint density at radius 1 is 1.11 bits per heavy atom. The maximum absolute atomic E-state index is 13.1. The van der Waals surface area contributed by atoms with Crippen LogP contribution in [0.2, 0.25) is 12.1 Å². The van der Waals surface area contributed by atoms with Gasteiger partial charge in [-0.1, -0.05) is 48.7 Å². The summed E-state index contributed by atoms with van der Waals surface area (Å²) >= 11 is 0. The smallest absolute Gasteiger partial charge is 0.137 e. The predicted octanol–water partition coefficient (Wildman–Crippen LogP) is 2.50. The van der Waals surface area contributed by atoms with E-state index in [2.05, 4.69) is 10.1 Å². The van der Waals surface area contributed by atoms with E-state index in [0.717, 1.165) is 6.17 Å². The summed E-state index contributed by atoms with van der Waals surface area (Å²) in [5, 5.41) is 5.63. The fourth-order valence-electron chi connectivity index (χ4n) is 3.19. The van der Waals surface area contributed by atoms with Crippen molar-refractivity contribution in [2.45, 2.75) is 37.5 Å². The molecular weight excluding hydrogens is 257 g/mol. The predicted molar refractivity (Wildman–Crippen MR) is 75.3 cm³/mol. The Kier molecular flexibility index (Phi) is 3.46. The van der Waals surface area contributed by atoms with Gasteiger partial charge in [0, 0.05) is 6.17 Å². The first-order chi connectivity index (χ1) is 9.28. The summed E-state index contributed by atoms with van der Waals surface area (Å²) in [6.07, 6.45) is 8.27. The standard InChI is InChI=1S/C14H18FN3Si/c15-13-4-6-14(7-5-13)19(8-2-1-3-9-19)12-18-11-16-10-17-18/h4-7,10-11H,1-3,8-9,12H2. The monoisotopic (exact) mass is 275 g/mol. The summed E-state index contributed by atoms with van der Waals surface area (Å²) in [5.41, 5.74) is 0. The van der Waals surface area contributed by atoms with Crippen LogP contribution in [0, 0.1) is 5.82 Å². The number of rotatable bonds is 3. The fourth-order valence-corrected chi connectivity index (χ4v) is 8.03. The van der Waals surface area contributed by atoms with Crippen LogP contribution in [0.4, 0.5) is 4.39 Å². The summed E-state index contributed by atoms with van der Waals surface area (Å²) in [5.74, 6) is -0.149. The third kappa shape index (κ3) is 2.61. The molecule has 5 heteroatoms. The normalized spacial score (nSPS) is 18.4. The number of hydrogen-bond acceptors (Lipinski definition) is 2. The van der Waals surface area contributed by atoms with E-state index in [1.807, 2.05) is 16.8 Å². The van der Waals surface area contributed by atoms with Crippen molar-refractivity contribution >= 4 is 13.3 Å². The Labute approximate surface area is 113 Å². The number of nitrogens with zero attached hydrogens (tertiary/aromatic N) is 3. The number of hydrogen-bond donors (Lipinski definition) is 0. The highest BCUT2D eigenvalue weighted by atomic mass is 28.3. The van der Waals surface area contributed by atoms with Crippen molar-refractivity contribution in [1.29, 1.82) is 0 Å².